The van der Waals surface area contributed by atoms with Gasteiger partial charge in [-0.1, -0.05) is 6.07 Å². The summed E-state index contributed by atoms with van der Waals surface area (Å²) in [6.07, 6.45) is 1.04. The molecule has 1 aromatic rings. The van der Waals surface area contributed by atoms with E-state index in [1.165, 1.54) is 32.2 Å². The number of carbonyl (C=O) groups is 2. The average Bonchev–Trinajstić information content (AvgIpc) is 2.37. The van der Waals surface area contributed by atoms with Gasteiger partial charge in [0.2, 0.25) is 0 Å². The molecule has 1 unspecified atom stereocenters. The minimum Gasteiger partial charge on any atom is -0.479 e. The van der Waals surface area contributed by atoms with Crippen molar-refractivity contribution in [1.82, 2.24) is 5.32 Å². The normalized spacial score (nSPS) is 14.2. The first-order valence-corrected chi connectivity index (χ1v) is 8.26. The number of hydrogen-bond acceptors (Lipinski definition) is 5. The standard InChI is InChI=1S/C14H19NO6S/c1-9-5-6-10(7-11(9)22(4,19)20)12(16)15-14(2,8-21-3)13(17)18/h5-7H,8H2,1-4H3,(H,15,16)(H,17,18). The van der Waals surface area contributed by atoms with Crippen molar-refractivity contribution in [1.29, 1.82) is 0 Å². The number of aliphatic carboxylic acids is 1. The number of carboxylic acids is 1. The molecule has 1 atom stereocenters. The number of nitrogens with one attached hydrogen (secondary N) is 1. The van der Waals surface area contributed by atoms with Crippen molar-refractivity contribution in [2.24, 2.45) is 0 Å². The predicted octanol–water partition coefficient (Wildman–Crippen LogP) is 0.618. The SMILES string of the molecule is COCC(C)(NC(=O)c1ccc(C)c(S(C)(=O)=O)c1)C(=O)O. The maximum Gasteiger partial charge on any atom is 0.331 e. The number of aryl methyl sites for hydroxylation is 1. The summed E-state index contributed by atoms with van der Waals surface area (Å²) >= 11 is 0. The first-order valence-electron chi connectivity index (χ1n) is 6.37. The van der Waals surface area contributed by atoms with Crippen molar-refractivity contribution in [2.75, 3.05) is 20.0 Å². The number of ether oxygens (including phenoxy) is 1. The van der Waals surface area contributed by atoms with Crippen molar-refractivity contribution in [3.8, 4) is 0 Å². The monoisotopic (exact) mass is 329 g/mol. The smallest absolute Gasteiger partial charge is 0.331 e. The molecule has 0 heterocycles. The average molecular weight is 329 g/mol. The molecule has 1 aromatic carbocycles. The Morgan fingerprint density at radius 3 is 2.41 bits per heavy atom. The van der Waals surface area contributed by atoms with Crippen molar-refractivity contribution in [3.05, 3.63) is 29.3 Å². The van der Waals surface area contributed by atoms with Crippen LogP contribution in [-0.4, -0.2) is 50.9 Å². The number of carbonyl (C=O) groups excluding carboxylic acids is 1. The van der Waals surface area contributed by atoms with Gasteiger partial charge in [0.05, 0.1) is 11.5 Å². The highest BCUT2D eigenvalue weighted by Gasteiger charge is 2.35. The van der Waals surface area contributed by atoms with Gasteiger partial charge in [-0.05, 0) is 31.5 Å². The van der Waals surface area contributed by atoms with Crippen LogP contribution in [0.15, 0.2) is 23.1 Å². The van der Waals surface area contributed by atoms with Crippen LogP contribution in [0.5, 0.6) is 0 Å². The number of hydrogen-bond donors (Lipinski definition) is 2. The van der Waals surface area contributed by atoms with Gasteiger partial charge in [-0.25, -0.2) is 13.2 Å². The Morgan fingerprint density at radius 1 is 1.36 bits per heavy atom. The van der Waals surface area contributed by atoms with Gasteiger partial charge in [-0.15, -0.1) is 0 Å². The summed E-state index contributed by atoms with van der Waals surface area (Å²) in [6, 6.07) is 4.17. The molecule has 0 saturated heterocycles. The maximum absolute atomic E-state index is 12.2. The molecule has 1 amide bonds. The molecule has 2 N–H and O–H groups in total. The fourth-order valence-electron chi connectivity index (χ4n) is 1.90. The zero-order valence-corrected chi connectivity index (χ0v) is 13.7. The second kappa shape index (κ2) is 6.45. The van der Waals surface area contributed by atoms with E-state index in [0.717, 1.165) is 6.26 Å². The van der Waals surface area contributed by atoms with E-state index in [9.17, 15) is 23.1 Å². The van der Waals surface area contributed by atoms with Crippen LogP contribution in [0, 0.1) is 6.92 Å². The van der Waals surface area contributed by atoms with Crippen LogP contribution in [0.2, 0.25) is 0 Å². The zero-order valence-electron chi connectivity index (χ0n) is 12.8. The number of rotatable bonds is 6. The molecule has 0 saturated carbocycles. The lowest BCUT2D eigenvalue weighted by Crippen LogP contribution is -2.55. The van der Waals surface area contributed by atoms with Gasteiger partial charge in [0.15, 0.2) is 15.4 Å². The highest BCUT2D eigenvalue weighted by Crippen LogP contribution is 2.18. The third-order valence-electron chi connectivity index (χ3n) is 3.14. The number of carboxylic acid groups (broad SMARTS) is 1. The molecule has 0 bridgehead atoms. The first kappa shape index (κ1) is 18.1. The van der Waals surface area contributed by atoms with E-state index >= 15 is 0 Å². The number of sulfone groups is 1. The van der Waals surface area contributed by atoms with Gasteiger partial charge in [0, 0.05) is 18.9 Å². The first-order chi connectivity index (χ1) is 10.0. The molecule has 0 radical (unpaired) electrons. The Labute approximate surface area is 129 Å². The molecule has 0 aromatic heterocycles. The molecule has 1 rings (SSSR count). The lowest BCUT2D eigenvalue weighted by molar-refractivity contribution is -0.145. The van der Waals surface area contributed by atoms with E-state index in [0.29, 0.717) is 5.56 Å². The van der Waals surface area contributed by atoms with Crippen molar-refractivity contribution < 1.29 is 27.9 Å². The fraction of sp³-hybridized carbons (Fsp3) is 0.429. The summed E-state index contributed by atoms with van der Waals surface area (Å²) in [7, 11) is -2.16. The van der Waals surface area contributed by atoms with Crippen molar-refractivity contribution in [3.63, 3.8) is 0 Å². The van der Waals surface area contributed by atoms with E-state index < -0.39 is 27.3 Å². The maximum atomic E-state index is 12.2. The lowest BCUT2D eigenvalue weighted by Gasteiger charge is -2.25. The molecule has 0 fully saturated rings. The van der Waals surface area contributed by atoms with Gasteiger partial charge >= 0.3 is 5.97 Å². The molecular formula is C14H19NO6S. The largest absolute Gasteiger partial charge is 0.479 e. The van der Waals surface area contributed by atoms with E-state index in [2.05, 4.69) is 5.32 Å². The van der Waals surface area contributed by atoms with Gasteiger partial charge in [0.25, 0.3) is 5.91 Å². The lowest BCUT2D eigenvalue weighted by atomic mass is 10.0. The van der Waals surface area contributed by atoms with Crippen LogP contribution in [0.3, 0.4) is 0 Å². The summed E-state index contributed by atoms with van der Waals surface area (Å²) in [4.78, 5) is 23.5. The number of methoxy groups -OCH3 is 1. The predicted molar refractivity (Wildman–Crippen MR) is 79.7 cm³/mol. The van der Waals surface area contributed by atoms with Gasteiger partial charge in [-0.3, -0.25) is 4.79 Å². The van der Waals surface area contributed by atoms with Gasteiger partial charge in [-0.2, -0.15) is 0 Å². The molecule has 0 aliphatic rings. The Balaban J connectivity index is 3.17. The minimum absolute atomic E-state index is 0.0314. The van der Waals surface area contributed by atoms with Crippen LogP contribution < -0.4 is 5.32 Å². The van der Waals surface area contributed by atoms with Crippen LogP contribution in [0.4, 0.5) is 0 Å². The Bertz CT molecular complexity index is 697. The van der Waals surface area contributed by atoms with Crippen molar-refractivity contribution >= 4 is 21.7 Å². The van der Waals surface area contributed by atoms with E-state index in [1.54, 1.807) is 6.92 Å². The topological polar surface area (TPSA) is 110 Å². The van der Waals surface area contributed by atoms with Gasteiger partial charge in [0.1, 0.15) is 0 Å². The molecule has 22 heavy (non-hydrogen) atoms. The molecule has 122 valence electrons. The Hall–Kier alpha value is -1.93. The summed E-state index contributed by atoms with van der Waals surface area (Å²) in [6.45, 7) is 2.70. The summed E-state index contributed by atoms with van der Waals surface area (Å²) in [5.74, 6) is -1.94. The Morgan fingerprint density at radius 2 is 1.95 bits per heavy atom. The van der Waals surface area contributed by atoms with Crippen LogP contribution in [0.25, 0.3) is 0 Å². The third-order valence-corrected chi connectivity index (χ3v) is 4.38. The number of benzene rings is 1. The molecule has 7 nitrogen and oxygen atoms in total. The molecule has 0 spiro atoms. The number of amides is 1. The molecular weight excluding hydrogens is 310 g/mol. The summed E-state index contributed by atoms with van der Waals surface area (Å²) in [5.41, 5.74) is -1.03. The van der Waals surface area contributed by atoms with E-state index in [1.807, 2.05) is 0 Å². The summed E-state index contributed by atoms with van der Waals surface area (Å²) in [5, 5.41) is 11.5. The fourth-order valence-corrected chi connectivity index (χ4v) is 2.90. The third kappa shape index (κ3) is 4.05. The Kier molecular flexibility index (Phi) is 5.31. The van der Waals surface area contributed by atoms with E-state index in [4.69, 9.17) is 4.74 Å². The molecule has 8 heteroatoms. The van der Waals surface area contributed by atoms with Crippen LogP contribution >= 0.6 is 0 Å². The van der Waals surface area contributed by atoms with Crippen LogP contribution in [0.1, 0.15) is 22.8 Å². The van der Waals surface area contributed by atoms with Crippen molar-refractivity contribution in [2.45, 2.75) is 24.3 Å². The van der Waals surface area contributed by atoms with Crippen LogP contribution in [-0.2, 0) is 19.4 Å². The minimum atomic E-state index is -3.48. The van der Waals surface area contributed by atoms with E-state index in [-0.39, 0.29) is 17.1 Å². The zero-order chi connectivity index (χ0) is 17.1. The van der Waals surface area contributed by atoms with Gasteiger partial charge < -0.3 is 15.2 Å². The molecule has 0 aliphatic carbocycles. The molecule has 0 aliphatic heterocycles. The second-order valence-electron chi connectivity index (χ2n) is 5.28. The highest BCUT2D eigenvalue weighted by atomic mass is 32.2. The summed E-state index contributed by atoms with van der Waals surface area (Å²) < 4.78 is 28.2. The quantitative estimate of drug-likeness (QED) is 0.791. The highest BCUT2D eigenvalue weighted by molar-refractivity contribution is 7.90. The second-order valence-corrected chi connectivity index (χ2v) is 7.26.